The summed E-state index contributed by atoms with van der Waals surface area (Å²) >= 11 is 0. The van der Waals surface area contributed by atoms with Crippen molar-refractivity contribution in [3.8, 4) is 0 Å². The van der Waals surface area contributed by atoms with Gasteiger partial charge in [-0.25, -0.2) is 0 Å². The van der Waals surface area contributed by atoms with Crippen molar-refractivity contribution in [1.29, 1.82) is 0 Å². The molecule has 5 rings (SSSR count). The summed E-state index contributed by atoms with van der Waals surface area (Å²) in [5, 5.41) is 3.89. The fraction of sp³-hybridized carbons (Fsp3) is 0.652. The van der Waals surface area contributed by atoms with Crippen molar-refractivity contribution in [2.75, 3.05) is 6.61 Å². The SMILES string of the molecule is O=C1c2ccccc2C(=O)N1C1CCC(NC2CCOC3(CCCC3)C2)CC1. The van der Waals surface area contributed by atoms with Gasteiger partial charge in [-0.1, -0.05) is 25.0 Å². The molecule has 1 unspecified atom stereocenters. The number of hydrogen-bond donors (Lipinski definition) is 1. The minimum Gasteiger partial charge on any atom is -0.375 e. The van der Waals surface area contributed by atoms with Gasteiger partial charge in [-0.2, -0.15) is 0 Å². The molecule has 1 aromatic carbocycles. The Labute approximate surface area is 166 Å². The van der Waals surface area contributed by atoms with E-state index in [2.05, 4.69) is 5.32 Å². The van der Waals surface area contributed by atoms with Gasteiger partial charge in [0.05, 0.1) is 16.7 Å². The lowest BCUT2D eigenvalue weighted by molar-refractivity contribution is -0.0852. The van der Waals surface area contributed by atoms with Gasteiger partial charge in [-0.05, 0) is 63.5 Å². The fourth-order valence-electron chi connectivity index (χ4n) is 5.91. The molecule has 1 spiro atoms. The van der Waals surface area contributed by atoms with Gasteiger partial charge in [-0.15, -0.1) is 0 Å². The van der Waals surface area contributed by atoms with Gasteiger partial charge >= 0.3 is 0 Å². The van der Waals surface area contributed by atoms with E-state index in [1.165, 1.54) is 30.6 Å². The number of fused-ring (bicyclic) bond motifs is 1. The first-order valence-corrected chi connectivity index (χ1v) is 11.0. The molecule has 4 aliphatic rings. The van der Waals surface area contributed by atoms with Crippen LogP contribution in [0.5, 0.6) is 0 Å². The second kappa shape index (κ2) is 7.27. The maximum absolute atomic E-state index is 12.7. The summed E-state index contributed by atoms with van der Waals surface area (Å²) in [5.41, 5.74) is 1.28. The van der Waals surface area contributed by atoms with E-state index >= 15 is 0 Å². The number of nitrogens with one attached hydrogen (secondary N) is 1. The van der Waals surface area contributed by atoms with Crippen LogP contribution < -0.4 is 5.32 Å². The Morgan fingerprint density at radius 3 is 2.18 bits per heavy atom. The van der Waals surface area contributed by atoms with Crippen LogP contribution >= 0.6 is 0 Å². The van der Waals surface area contributed by atoms with Crippen LogP contribution in [0.2, 0.25) is 0 Å². The van der Waals surface area contributed by atoms with E-state index in [1.807, 2.05) is 12.1 Å². The number of ether oxygens (including phenoxy) is 1. The Morgan fingerprint density at radius 1 is 0.893 bits per heavy atom. The highest BCUT2D eigenvalue weighted by atomic mass is 16.5. The van der Waals surface area contributed by atoms with Crippen LogP contribution in [0.15, 0.2) is 24.3 Å². The Kier molecular flexibility index (Phi) is 4.76. The van der Waals surface area contributed by atoms with Crippen LogP contribution in [0.1, 0.15) is 84.9 Å². The lowest BCUT2D eigenvalue weighted by Crippen LogP contribution is -2.51. The number of hydrogen-bond acceptors (Lipinski definition) is 4. The number of nitrogens with zero attached hydrogens (tertiary/aromatic N) is 1. The molecule has 0 radical (unpaired) electrons. The van der Waals surface area contributed by atoms with Gasteiger partial charge < -0.3 is 10.1 Å². The van der Waals surface area contributed by atoms with Gasteiger partial charge in [0.2, 0.25) is 0 Å². The van der Waals surface area contributed by atoms with E-state index in [4.69, 9.17) is 4.74 Å². The summed E-state index contributed by atoms with van der Waals surface area (Å²) in [7, 11) is 0. The van der Waals surface area contributed by atoms with Crippen LogP contribution in [-0.2, 0) is 4.74 Å². The highest BCUT2D eigenvalue weighted by Gasteiger charge is 2.42. The fourth-order valence-corrected chi connectivity index (χ4v) is 5.91. The Balaban J connectivity index is 1.17. The van der Waals surface area contributed by atoms with Crippen LogP contribution in [-0.4, -0.2) is 47.0 Å². The maximum Gasteiger partial charge on any atom is 0.261 e. The smallest absolute Gasteiger partial charge is 0.261 e. The summed E-state index contributed by atoms with van der Waals surface area (Å²) in [6.07, 6.45) is 11.1. The second-order valence-electron chi connectivity index (χ2n) is 9.13. The highest BCUT2D eigenvalue weighted by Crippen LogP contribution is 2.40. The van der Waals surface area contributed by atoms with Crippen molar-refractivity contribution < 1.29 is 14.3 Å². The van der Waals surface area contributed by atoms with Crippen molar-refractivity contribution in [2.24, 2.45) is 0 Å². The third kappa shape index (κ3) is 3.18. The zero-order chi connectivity index (χ0) is 19.1. The summed E-state index contributed by atoms with van der Waals surface area (Å²) in [6, 6.07) is 8.29. The molecule has 2 aliphatic carbocycles. The van der Waals surface area contributed by atoms with E-state index in [1.54, 1.807) is 12.1 Å². The second-order valence-corrected chi connectivity index (χ2v) is 9.13. The average molecular weight is 383 g/mol. The van der Waals surface area contributed by atoms with Crippen molar-refractivity contribution in [2.45, 2.75) is 87.9 Å². The normalized spacial score (nSPS) is 32.1. The van der Waals surface area contributed by atoms with Crippen LogP contribution in [0.4, 0.5) is 0 Å². The molecule has 28 heavy (non-hydrogen) atoms. The topological polar surface area (TPSA) is 58.6 Å². The minimum absolute atomic E-state index is 0.0429. The molecule has 0 bridgehead atoms. The highest BCUT2D eigenvalue weighted by molar-refractivity contribution is 6.21. The number of benzene rings is 1. The van der Waals surface area contributed by atoms with E-state index in [9.17, 15) is 9.59 Å². The quantitative estimate of drug-likeness (QED) is 0.811. The molecule has 2 aliphatic heterocycles. The van der Waals surface area contributed by atoms with E-state index in [-0.39, 0.29) is 23.5 Å². The third-order valence-corrected chi connectivity index (χ3v) is 7.37. The van der Waals surface area contributed by atoms with E-state index < -0.39 is 0 Å². The number of carbonyl (C=O) groups is 2. The number of carbonyl (C=O) groups excluding carboxylic acids is 2. The zero-order valence-corrected chi connectivity index (χ0v) is 16.5. The molecular weight excluding hydrogens is 352 g/mol. The summed E-state index contributed by atoms with van der Waals surface area (Å²) in [4.78, 5) is 27.0. The van der Waals surface area contributed by atoms with Crippen LogP contribution in [0.25, 0.3) is 0 Å². The average Bonchev–Trinajstić information content (AvgIpc) is 3.26. The zero-order valence-electron chi connectivity index (χ0n) is 16.5. The summed E-state index contributed by atoms with van der Waals surface area (Å²) < 4.78 is 6.16. The third-order valence-electron chi connectivity index (χ3n) is 7.37. The first-order valence-electron chi connectivity index (χ1n) is 11.0. The molecular formula is C23H30N2O3. The Morgan fingerprint density at radius 2 is 1.54 bits per heavy atom. The lowest BCUT2D eigenvalue weighted by atomic mass is 9.86. The van der Waals surface area contributed by atoms with Gasteiger partial charge in [0.1, 0.15) is 0 Å². The van der Waals surface area contributed by atoms with Crippen molar-refractivity contribution >= 4 is 11.8 Å². The molecule has 0 aromatic heterocycles. The summed E-state index contributed by atoms with van der Waals surface area (Å²) in [6.45, 7) is 0.877. The summed E-state index contributed by atoms with van der Waals surface area (Å²) in [5.74, 6) is -0.214. The molecule has 5 nitrogen and oxygen atoms in total. The molecule has 3 fully saturated rings. The van der Waals surface area contributed by atoms with Gasteiger partial charge in [0.15, 0.2) is 0 Å². The molecule has 1 aromatic rings. The first-order chi connectivity index (χ1) is 13.7. The number of rotatable bonds is 3. The lowest BCUT2D eigenvalue weighted by Gasteiger charge is -2.41. The van der Waals surface area contributed by atoms with Crippen molar-refractivity contribution in [3.05, 3.63) is 35.4 Å². The first kappa shape index (κ1) is 18.3. The predicted molar refractivity (Wildman–Crippen MR) is 106 cm³/mol. The minimum atomic E-state index is -0.107. The number of imide groups is 1. The largest absolute Gasteiger partial charge is 0.375 e. The molecule has 1 saturated heterocycles. The Bertz CT molecular complexity index is 728. The van der Waals surface area contributed by atoms with Gasteiger partial charge in [0, 0.05) is 24.7 Å². The predicted octanol–water partition coefficient (Wildman–Crippen LogP) is 3.68. The molecule has 2 saturated carbocycles. The molecule has 2 amide bonds. The molecule has 2 heterocycles. The molecule has 150 valence electrons. The molecule has 5 heteroatoms. The van der Waals surface area contributed by atoms with E-state index in [0.29, 0.717) is 23.2 Å². The van der Waals surface area contributed by atoms with E-state index in [0.717, 1.165) is 45.1 Å². The van der Waals surface area contributed by atoms with Gasteiger partial charge in [0.25, 0.3) is 11.8 Å². The van der Waals surface area contributed by atoms with Gasteiger partial charge in [-0.3, -0.25) is 14.5 Å². The van der Waals surface area contributed by atoms with Crippen LogP contribution in [0.3, 0.4) is 0 Å². The van der Waals surface area contributed by atoms with Crippen molar-refractivity contribution in [3.63, 3.8) is 0 Å². The standard InChI is InChI=1S/C23H30N2O3/c26-21-19-5-1-2-6-20(19)22(27)25(21)18-9-7-16(8-10-18)24-17-11-14-28-23(15-17)12-3-4-13-23/h1-2,5-6,16-18,24H,3-4,7-15H2. The number of amides is 2. The molecule has 1 N–H and O–H groups in total. The monoisotopic (exact) mass is 382 g/mol. The van der Waals surface area contributed by atoms with Crippen molar-refractivity contribution in [1.82, 2.24) is 10.2 Å². The van der Waals surface area contributed by atoms with Crippen LogP contribution in [0, 0.1) is 0 Å². The molecule has 1 atom stereocenters. The maximum atomic E-state index is 12.7. The Hall–Kier alpha value is -1.72.